The van der Waals surface area contributed by atoms with Gasteiger partial charge in [0.05, 0.1) is 0 Å². The minimum atomic E-state index is -0.538. The third-order valence-corrected chi connectivity index (χ3v) is 3.61. The quantitative estimate of drug-likeness (QED) is 0.385. The molecule has 0 saturated heterocycles. The first kappa shape index (κ1) is 11.9. The largest absolute Gasteiger partial charge is 0.419 e. The molecule has 0 fully saturated rings. The Morgan fingerprint density at radius 2 is 1.87 bits per heavy atom. The maximum Gasteiger partial charge on any atom is 0.192 e. The Kier molecular flexibility index (Phi) is 5.74. The topological polar surface area (TPSA) is 9.23 Å². The molecule has 2 heteroatoms. The van der Waals surface area contributed by atoms with Crippen LogP contribution < -0.4 is 5.19 Å². The summed E-state index contributed by atoms with van der Waals surface area (Å²) in [6, 6.07) is 10.4. The highest BCUT2D eigenvalue weighted by atomic mass is 28.2. The minimum Gasteiger partial charge on any atom is -0.419 e. The van der Waals surface area contributed by atoms with Crippen LogP contribution in [0.1, 0.15) is 6.42 Å². The second-order valence-corrected chi connectivity index (χ2v) is 4.98. The number of rotatable bonds is 7. The molecule has 80 valence electrons. The molecule has 1 aromatic carbocycles. The van der Waals surface area contributed by atoms with Gasteiger partial charge in [0, 0.05) is 6.61 Å². The molecule has 0 amide bonds. The number of hydrogen-bond acceptors (Lipinski definition) is 1. The summed E-state index contributed by atoms with van der Waals surface area (Å²) in [7, 11) is -0.538. The van der Waals surface area contributed by atoms with Gasteiger partial charge in [0.15, 0.2) is 9.76 Å². The second-order valence-electron chi connectivity index (χ2n) is 3.46. The van der Waals surface area contributed by atoms with Crippen LogP contribution in [0.4, 0.5) is 0 Å². The lowest BCUT2D eigenvalue weighted by molar-refractivity contribution is 0.323. The molecule has 0 aliphatic rings. The van der Waals surface area contributed by atoms with Gasteiger partial charge in [-0.1, -0.05) is 42.5 Å². The lowest BCUT2D eigenvalue weighted by Crippen LogP contribution is -2.18. The standard InChI is InChI=1S/C13H18OSi/c1-3-12(4-2)10-11-14-15-13-8-6-5-7-9-13/h3-9,12H,1-2,10-11,15H2. The monoisotopic (exact) mass is 218 g/mol. The van der Waals surface area contributed by atoms with Crippen molar-refractivity contribution in [3.63, 3.8) is 0 Å². The van der Waals surface area contributed by atoms with Gasteiger partial charge in [0.2, 0.25) is 0 Å². The summed E-state index contributed by atoms with van der Waals surface area (Å²) >= 11 is 0. The Bertz CT molecular complexity index is 287. The zero-order chi connectivity index (χ0) is 10.9. The molecule has 0 spiro atoms. The van der Waals surface area contributed by atoms with E-state index in [2.05, 4.69) is 37.4 Å². The molecule has 0 bridgehead atoms. The molecular formula is C13H18OSi. The second kappa shape index (κ2) is 7.21. The van der Waals surface area contributed by atoms with Gasteiger partial charge in [-0.2, -0.15) is 0 Å². The van der Waals surface area contributed by atoms with Crippen molar-refractivity contribution in [2.75, 3.05) is 6.61 Å². The van der Waals surface area contributed by atoms with Crippen LogP contribution in [0.15, 0.2) is 55.6 Å². The Balaban J connectivity index is 2.17. The first-order valence-electron chi connectivity index (χ1n) is 5.23. The van der Waals surface area contributed by atoms with Crippen molar-refractivity contribution in [3.05, 3.63) is 55.6 Å². The van der Waals surface area contributed by atoms with E-state index in [1.807, 2.05) is 18.2 Å². The summed E-state index contributed by atoms with van der Waals surface area (Å²) in [5.41, 5.74) is 0. The molecule has 15 heavy (non-hydrogen) atoms. The average molecular weight is 218 g/mol. The molecule has 0 atom stereocenters. The van der Waals surface area contributed by atoms with Gasteiger partial charge < -0.3 is 4.43 Å². The molecule has 0 saturated carbocycles. The van der Waals surface area contributed by atoms with E-state index in [9.17, 15) is 0 Å². The lowest BCUT2D eigenvalue weighted by atomic mass is 10.1. The Morgan fingerprint density at radius 3 is 2.47 bits per heavy atom. The predicted molar refractivity (Wildman–Crippen MR) is 69.1 cm³/mol. The van der Waals surface area contributed by atoms with Gasteiger partial charge in [0.25, 0.3) is 0 Å². The van der Waals surface area contributed by atoms with E-state index in [4.69, 9.17) is 4.43 Å². The summed E-state index contributed by atoms with van der Waals surface area (Å²) in [5.74, 6) is 0.384. The average Bonchev–Trinajstić information content (AvgIpc) is 2.31. The van der Waals surface area contributed by atoms with Crippen molar-refractivity contribution in [1.29, 1.82) is 0 Å². The summed E-state index contributed by atoms with van der Waals surface area (Å²) in [4.78, 5) is 0. The van der Waals surface area contributed by atoms with Gasteiger partial charge >= 0.3 is 0 Å². The molecule has 0 aliphatic carbocycles. The van der Waals surface area contributed by atoms with Crippen LogP contribution in [-0.4, -0.2) is 16.4 Å². The normalized spacial score (nSPS) is 11.0. The van der Waals surface area contributed by atoms with E-state index in [0.29, 0.717) is 5.92 Å². The zero-order valence-electron chi connectivity index (χ0n) is 9.06. The van der Waals surface area contributed by atoms with Crippen LogP contribution in [-0.2, 0) is 4.43 Å². The summed E-state index contributed by atoms with van der Waals surface area (Å²) in [6.07, 6.45) is 4.83. The van der Waals surface area contributed by atoms with Crippen molar-refractivity contribution < 1.29 is 4.43 Å². The van der Waals surface area contributed by atoms with E-state index < -0.39 is 9.76 Å². The maximum absolute atomic E-state index is 5.70. The number of benzene rings is 1. The number of hydrogen-bond donors (Lipinski definition) is 0. The van der Waals surface area contributed by atoms with Crippen LogP contribution in [0.3, 0.4) is 0 Å². The molecular weight excluding hydrogens is 200 g/mol. The fourth-order valence-corrected chi connectivity index (χ4v) is 2.33. The van der Waals surface area contributed by atoms with E-state index >= 15 is 0 Å². The third kappa shape index (κ3) is 4.77. The highest BCUT2D eigenvalue weighted by molar-refractivity contribution is 6.46. The Hall–Kier alpha value is -1.12. The van der Waals surface area contributed by atoms with Crippen LogP contribution in [0.2, 0.25) is 0 Å². The first-order valence-corrected chi connectivity index (χ1v) is 6.52. The smallest absolute Gasteiger partial charge is 0.192 e. The Morgan fingerprint density at radius 1 is 1.20 bits per heavy atom. The molecule has 0 aromatic heterocycles. The maximum atomic E-state index is 5.70. The lowest BCUT2D eigenvalue weighted by Gasteiger charge is -2.07. The van der Waals surface area contributed by atoms with Crippen molar-refractivity contribution >= 4 is 14.9 Å². The van der Waals surface area contributed by atoms with E-state index in [-0.39, 0.29) is 0 Å². The van der Waals surface area contributed by atoms with Gasteiger partial charge in [0.1, 0.15) is 0 Å². The van der Waals surface area contributed by atoms with Gasteiger partial charge in [-0.15, -0.1) is 13.2 Å². The molecule has 0 unspecified atom stereocenters. The molecule has 1 aromatic rings. The van der Waals surface area contributed by atoms with E-state index in [0.717, 1.165) is 13.0 Å². The van der Waals surface area contributed by atoms with Gasteiger partial charge in [-0.25, -0.2) is 0 Å². The fraction of sp³-hybridized carbons (Fsp3) is 0.231. The summed E-state index contributed by atoms with van der Waals surface area (Å²) in [6.45, 7) is 8.32. The van der Waals surface area contributed by atoms with Crippen molar-refractivity contribution in [3.8, 4) is 0 Å². The summed E-state index contributed by atoms with van der Waals surface area (Å²) in [5, 5.41) is 1.35. The van der Waals surface area contributed by atoms with Crippen LogP contribution >= 0.6 is 0 Å². The molecule has 1 nitrogen and oxygen atoms in total. The summed E-state index contributed by atoms with van der Waals surface area (Å²) < 4.78 is 5.70. The zero-order valence-corrected chi connectivity index (χ0v) is 10.5. The SMILES string of the molecule is C=CC(C=C)CCO[SiH2]c1ccccc1. The molecule has 0 aliphatic heterocycles. The van der Waals surface area contributed by atoms with Gasteiger partial charge in [-0.05, 0) is 17.5 Å². The van der Waals surface area contributed by atoms with Crippen LogP contribution in [0, 0.1) is 5.92 Å². The highest BCUT2D eigenvalue weighted by Crippen LogP contribution is 2.04. The highest BCUT2D eigenvalue weighted by Gasteiger charge is 1.98. The van der Waals surface area contributed by atoms with Crippen molar-refractivity contribution in [1.82, 2.24) is 0 Å². The number of allylic oxidation sites excluding steroid dienone is 2. The van der Waals surface area contributed by atoms with E-state index in [1.54, 1.807) is 0 Å². The van der Waals surface area contributed by atoms with Gasteiger partial charge in [-0.3, -0.25) is 0 Å². The predicted octanol–water partition coefficient (Wildman–Crippen LogP) is 1.79. The van der Waals surface area contributed by atoms with Crippen LogP contribution in [0.25, 0.3) is 0 Å². The molecule has 0 N–H and O–H groups in total. The first-order chi connectivity index (χ1) is 7.36. The van der Waals surface area contributed by atoms with E-state index in [1.165, 1.54) is 5.19 Å². The van der Waals surface area contributed by atoms with Crippen molar-refractivity contribution in [2.24, 2.45) is 5.92 Å². The fourth-order valence-electron chi connectivity index (χ4n) is 1.32. The minimum absolute atomic E-state index is 0.384. The van der Waals surface area contributed by atoms with Crippen molar-refractivity contribution in [2.45, 2.75) is 6.42 Å². The molecule has 0 heterocycles. The third-order valence-electron chi connectivity index (χ3n) is 2.31. The molecule has 1 rings (SSSR count). The Labute approximate surface area is 94.4 Å². The van der Waals surface area contributed by atoms with Crippen LogP contribution in [0.5, 0.6) is 0 Å². The molecule has 0 radical (unpaired) electrons.